The average molecular weight is 220 g/mol. The largest absolute Gasteiger partial charge is 0.288 e. The molecule has 4 nitrogen and oxygen atoms in total. The van der Waals surface area contributed by atoms with Crippen molar-refractivity contribution in [2.24, 2.45) is 0 Å². The zero-order valence-corrected chi connectivity index (χ0v) is 8.49. The highest BCUT2D eigenvalue weighted by Gasteiger charge is 1.93. The summed E-state index contributed by atoms with van der Waals surface area (Å²) in [4.78, 5) is 14.6. The highest BCUT2D eigenvalue weighted by Crippen LogP contribution is 2.09. The maximum absolute atomic E-state index is 10.6. The minimum absolute atomic E-state index is 0.581. The monoisotopic (exact) mass is 220 g/mol. The van der Waals surface area contributed by atoms with E-state index in [1.165, 1.54) is 29.0 Å². The zero-order valence-electron chi connectivity index (χ0n) is 7.68. The topological polar surface area (TPSA) is 62.2 Å². The lowest BCUT2D eigenvalue weighted by atomic mass is 10.4. The predicted octanol–water partition coefficient (Wildman–Crippen LogP) is 1.20. The molecule has 1 heterocycles. The molecule has 1 amide bonds. The Morgan fingerprint density at radius 2 is 2.47 bits per heavy atom. The number of nitrogens with one attached hydrogen (secondary N) is 1. The second-order valence-corrected chi connectivity index (χ2v) is 3.27. The number of allylic oxidation sites excluding steroid dienone is 2. The van der Waals surface area contributed by atoms with Crippen LogP contribution in [0.15, 0.2) is 23.6 Å². The fourth-order valence-corrected chi connectivity index (χ4v) is 1.35. The molecule has 0 saturated heterocycles. The Bertz CT molecular complexity index is 441. The first kappa shape index (κ1) is 11.2. The first-order chi connectivity index (χ1) is 7.26. The molecule has 5 heteroatoms. The van der Waals surface area contributed by atoms with Crippen LogP contribution in [0, 0.1) is 12.3 Å². The predicted molar refractivity (Wildman–Crippen MR) is 58.2 cm³/mol. The molecule has 0 aliphatic rings. The Morgan fingerprint density at radius 3 is 3.07 bits per heavy atom. The second-order valence-electron chi connectivity index (χ2n) is 2.42. The number of carbonyl (C=O) groups is 1. The molecule has 0 aliphatic carbocycles. The van der Waals surface area contributed by atoms with Crippen LogP contribution in [-0.4, -0.2) is 16.1 Å². The Balaban J connectivity index is 2.55. The number of hydrogen-bond donors (Lipinski definition) is 2. The van der Waals surface area contributed by atoms with Crippen molar-refractivity contribution in [1.29, 1.82) is 0 Å². The third kappa shape index (κ3) is 3.77. The molecule has 0 atom stereocenters. The van der Waals surface area contributed by atoms with Gasteiger partial charge < -0.3 is 0 Å². The molecule has 0 aromatic carbocycles. The molecular weight excluding hydrogens is 212 g/mol. The van der Waals surface area contributed by atoms with Crippen LogP contribution in [0.5, 0.6) is 0 Å². The molecule has 1 aromatic heterocycles. The number of rotatable bonds is 3. The van der Waals surface area contributed by atoms with Crippen LogP contribution in [0.25, 0.3) is 6.08 Å². The Labute approximate surface area is 90.9 Å². The summed E-state index contributed by atoms with van der Waals surface area (Å²) in [6, 6.07) is 0. The molecule has 1 aromatic rings. The summed E-state index contributed by atoms with van der Waals surface area (Å²) in [6.07, 6.45) is 11.2. The van der Waals surface area contributed by atoms with Crippen LogP contribution in [0.1, 0.15) is 10.7 Å². The maximum atomic E-state index is 10.6. The fraction of sp³-hybridized carbons (Fsp3) is 0. The standard InChI is InChI=1S/C10H8N2O2S/c1-2-10-11-8(7-15-10)5-3-4-6-9(13)12-14/h1,3-7,14H,(H,12,13)/b5-3+,6-4+. The molecule has 0 fully saturated rings. The van der Waals surface area contributed by atoms with Gasteiger partial charge >= 0.3 is 0 Å². The number of aromatic nitrogens is 1. The lowest BCUT2D eigenvalue weighted by Gasteiger charge is -1.84. The van der Waals surface area contributed by atoms with E-state index in [9.17, 15) is 4.79 Å². The molecule has 15 heavy (non-hydrogen) atoms. The van der Waals surface area contributed by atoms with Gasteiger partial charge in [-0.15, -0.1) is 17.8 Å². The molecule has 0 spiro atoms. The van der Waals surface area contributed by atoms with Gasteiger partial charge in [-0.2, -0.15) is 0 Å². The van der Waals surface area contributed by atoms with Crippen LogP contribution in [0.3, 0.4) is 0 Å². The molecule has 76 valence electrons. The van der Waals surface area contributed by atoms with Gasteiger partial charge in [0.25, 0.3) is 5.91 Å². The summed E-state index contributed by atoms with van der Waals surface area (Å²) in [6.45, 7) is 0. The summed E-state index contributed by atoms with van der Waals surface area (Å²) >= 11 is 1.38. The van der Waals surface area contributed by atoms with E-state index in [1.807, 2.05) is 5.38 Å². The van der Waals surface area contributed by atoms with Gasteiger partial charge in [0.05, 0.1) is 5.69 Å². The van der Waals surface area contributed by atoms with Crippen molar-refractivity contribution in [3.8, 4) is 12.3 Å². The zero-order chi connectivity index (χ0) is 11.1. The highest BCUT2D eigenvalue weighted by atomic mass is 32.1. The smallest absolute Gasteiger partial charge is 0.267 e. The molecule has 0 radical (unpaired) electrons. The number of terminal acetylenes is 1. The second kappa shape index (κ2) is 5.75. The normalized spacial score (nSPS) is 10.7. The summed E-state index contributed by atoms with van der Waals surface area (Å²) < 4.78 is 0. The molecule has 1 rings (SSSR count). The van der Waals surface area contributed by atoms with Crippen LogP contribution >= 0.6 is 11.3 Å². The summed E-state index contributed by atoms with van der Waals surface area (Å²) in [5, 5.41) is 10.6. The number of amides is 1. The SMILES string of the molecule is C#Cc1nc(/C=C/C=C/C(=O)NO)cs1. The quantitative estimate of drug-likeness (QED) is 0.264. The van der Waals surface area contributed by atoms with Gasteiger partial charge in [-0.05, 0) is 12.0 Å². The number of hydroxylamine groups is 1. The van der Waals surface area contributed by atoms with Crippen molar-refractivity contribution in [3.63, 3.8) is 0 Å². The van der Waals surface area contributed by atoms with Gasteiger partial charge in [-0.1, -0.05) is 12.2 Å². The van der Waals surface area contributed by atoms with Gasteiger partial charge in [0.2, 0.25) is 0 Å². The van der Waals surface area contributed by atoms with E-state index < -0.39 is 5.91 Å². The van der Waals surface area contributed by atoms with Gasteiger partial charge in [0.15, 0.2) is 5.01 Å². The van der Waals surface area contributed by atoms with E-state index in [-0.39, 0.29) is 0 Å². The Morgan fingerprint density at radius 1 is 1.67 bits per heavy atom. The van der Waals surface area contributed by atoms with E-state index in [1.54, 1.807) is 12.2 Å². The maximum Gasteiger partial charge on any atom is 0.267 e. The lowest BCUT2D eigenvalue weighted by molar-refractivity contribution is -0.124. The van der Waals surface area contributed by atoms with Crippen LogP contribution in [0.2, 0.25) is 0 Å². The molecule has 0 unspecified atom stereocenters. The number of nitrogens with zero attached hydrogens (tertiary/aromatic N) is 1. The Hall–Kier alpha value is -1.90. The Kier molecular flexibility index (Phi) is 4.29. The molecule has 0 bridgehead atoms. The molecule has 0 saturated carbocycles. The van der Waals surface area contributed by atoms with Crippen LogP contribution in [0.4, 0.5) is 0 Å². The molecular formula is C10H8N2O2S. The third-order valence-corrected chi connectivity index (χ3v) is 2.17. The summed E-state index contributed by atoms with van der Waals surface area (Å²) in [5.74, 6) is 1.84. The summed E-state index contributed by atoms with van der Waals surface area (Å²) in [7, 11) is 0. The molecule has 0 aliphatic heterocycles. The van der Waals surface area contributed by atoms with E-state index in [4.69, 9.17) is 11.6 Å². The number of hydrogen-bond acceptors (Lipinski definition) is 4. The van der Waals surface area contributed by atoms with Crippen molar-refractivity contribution >= 4 is 23.3 Å². The van der Waals surface area contributed by atoms with E-state index in [2.05, 4.69) is 10.9 Å². The van der Waals surface area contributed by atoms with Crippen molar-refractivity contribution < 1.29 is 10.0 Å². The number of thiazole rings is 1. The van der Waals surface area contributed by atoms with Crippen molar-refractivity contribution in [2.75, 3.05) is 0 Å². The van der Waals surface area contributed by atoms with Crippen molar-refractivity contribution in [2.45, 2.75) is 0 Å². The van der Waals surface area contributed by atoms with Crippen molar-refractivity contribution in [1.82, 2.24) is 10.5 Å². The third-order valence-electron chi connectivity index (χ3n) is 1.38. The first-order valence-corrected chi connectivity index (χ1v) is 4.85. The van der Waals surface area contributed by atoms with Crippen LogP contribution < -0.4 is 5.48 Å². The average Bonchev–Trinajstić information content (AvgIpc) is 2.72. The van der Waals surface area contributed by atoms with Gasteiger partial charge in [-0.3, -0.25) is 10.0 Å². The first-order valence-electron chi connectivity index (χ1n) is 3.97. The van der Waals surface area contributed by atoms with Gasteiger partial charge in [0.1, 0.15) is 0 Å². The minimum Gasteiger partial charge on any atom is -0.288 e. The minimum atomic E-state index is -0.581. The van der Waals surface area contributed by atoms with Crippen LogP contribution in [-0.2, 0) is 4.79 Å². The number of carbonyl (C=O) groups excluding carboxylic acids is 1. The van der Waals surface area contributed by atoms with E-state index >= 15 is 0 Å². The highest BCUT2D eigenvalue weighted by molar-refractivity contribution is 7.10. The van der Waals surface area contributed by atoms with E-state index in [0.29, 0.717) is 5.01 Å². The fourth-order valence-electron chi connectivity index (χ4n) is 0.763. The summed E-state index contributed by atoms with van der Waals surface area (Å²) in [5.41, 5.74) is 2.22. The van der Waals surface area contributed by atoms with E-state index in [0.717, 1.165) is 5.69 Å². The van der Waals surface area contributed by atoms with Crippen molar-refractivity contribution in [3.05, 3.63) is 34.3 Å². The van der Waals surface area contributed by atoms with Gasteiger partial charge in [-0.25, -0.2) is 10.5 Å². The molecule has 2 N–H and O–H groups in total. The lowest BCUT2D eigenvalue weighted by Crippen LogP contribution is -2.14. The van der Waals surface area contributed by atoms with Gasteiger partial charge in [0, 0.05) is 11.5 Å².